The highest BCUT2D eigenvalue weighted by Gasteiger charge is 2.53. The quantitative estimate of drug-likeness (QED) is 0.782. The second-order valence-electron chi connectivity index (χ2n) is 5.48. The second kappa shape index (κ2) is 4.77. The topological polar surface area (TPSA) is 26.0 Å². The van der Waals surface area contributed by atoms with Crippen molar-refractivity contribution in [2.24, 2.45) is 23.5 Å². The van der Waals surface area contributed by atoms with Gasteiger partial charge in [-0.2, -0.15) is 0 Å². The van der Waals surface area contributed by atoms with Gasteiger partial charge in [-0.3, -0.25) is 0 Å². The minimum atomic E-state index is -0.359. The molecule has 18 heavy (non-hydrogen) atoms. The largest absolute Gasteiger partial charge is 0.324 e. The molecule has 2 aliphatic carbocycles. The zero-order chi connectivity index (χ0) is 12.9. The molecule has 4 heteroatoms. The summed E-state index contributed by atoms with van der Waals surface area (Å²) in [7, 11) is 0. The summed E-state index contributed by atoms with van der Waals surface area (Å²) in [5, 5.41) is 0.145. The first-order valence-corrected chi connectivity index (χ1v) is 7.67. The fourth-order valence-corrected chi connectivity index (χ4v) is 4.06. The lowest BCUT2D eigenvalue weighted by Crippen LogP contribution is -2.16. The summed E-state index contributed by atoms with van der Waals surface area (Å²) < 4.78 is 14.7. The molecule has 0 amide bonds. The molecule has 3 rings (SSSR count). The third-order valence-electron chi connectivity index (χ3n) is 4.56. The SMILES string of the molecule is NC(c1ccc(Br)c(Cl)c1F)C1C2CCCCC21. The van der Waals surface area contributed by atoms with Crippen molar-refractivity contribution >= 4 is 27.5 Å². The number of hydrogen-bond acceptors (Lipinski definition) is 1. The lowest BCUT2D eigenvalue weighted by molar-refractivity contribution is 0.480. The minimum absolute atomic E-state index is 0.145. The van der Waals surface area contributed by atoms with Crippen molar-refractivity contribution in [3.05, 3.63) is 33.0 Å². The van der Waals surface area contributed by atoms with Crippen LogP contribution in [-0.4, -0.2) is 0 Å². The Morgan fingerprint density at radius 1 is 1.28 bits per heavy atom. The van der Waals surface area contributed by atoms with Crippen molar-refractivity contribution in [3.8, 4) is 0 Å². The van der Waals surface area contributed by atoms with Gasteiger partial charge in [0.2, 0.25) is 0 Å². The van der Waals surface area contributed by atoms with Crippen LogP contribution in [-0.2, 0) is 0 Å². The van der Waals surface area contributed by atoms with E-state index < -0.39 is 0 Å². The van der Waals surface area contributed by atoms with Gasteiger partial charge in [-0.1, -0.05) is 30.5 Å². The lowest BCUT2D eigenvalue weighted by atomic mass is 10.0. The van der Waals surface area contributed by atoms with Crippen LogP contribution in [0, 0.1) is 23.6 Å². The Hall–Kier alpha value is -0.120. The van der Waals surface area contributed by atoms with E-state index in [1.807, 2.05) is 0 Å². The molecule has 2 aliphatic rings. The molecule has 3 atom stereocenters. The van der Waals surface area contributed by atoms with Crippen LogP contribution >= 0.6 is 27.5 Å². The van der Waals surface area contributed by atoms with Gasteiger partial charge >= 0.3 is 0 Å². The molecule has 0 radical (unpaired) electrons. The highest BCUT2D eigenvalue weighted by molar-refractivity contribution is 9.10. The molecule has 0 aromatic heterocycles. The Kier molecular flexibility index (Phi) is 3.41. The van der Waals surface area contributed by atoms with Crippen molar-refractivity contribution < 1.29 is 4.39 Å². The summed E-state index contributed by atoms with van der Waals surface area (Å²) in [5.74, 6) is 1.53. The molecule has 3 unspecified atom stereocenters. The zero-order valence-corrected chi connectivity index (χ0v) is 12.3. The predicted octanol–water partition coefficient (Wildman–Crippen LogP) is 4.68. The van der Waals surface area contributed by atoms with E-state index in [1.165, 1.54) is 25.7 Å². The number of rotatable bonds is 2. The monoisotopic (exact) mass is 331 g/mol. The number of hydrogen-bond donors (Lipinski definition) is 1. The lowest BCUT2D eigenvalue weighted by Gasteiger charge is -2.14. The van der Waals surface area contributed by atoms with Crippen LogP contribution in [0.1, 0.15) is 37.3 Å². The number of fused-ring (bicyclic) bond motifs is 1. The molecule has 1 aromatic carbocycles. The van der Waals surface area contributed by atoms with Gasteiger partial charge in [0.05, 0.1) is 5.02 Å². The van der Waals surface area contributed by atoms with Crippen molar-refractivity contribution in [1.29, 1.82) is 0 Å². The molecular weight excluding hydrogens is 317 g/mol. The van der Waals surface area contributed by atoms with Crippen molar-refractivity contribution in [3.63, 3.8) is 0 Å². The molecule has 0 saturated heterocycles. The smallest absolute Gasteiger partial charge is 0.147 e. The molecule has 2 N–H and O–H groups in total. The standard InChI is InChI=1S/C14H16BrClFN/c15-10-6-5-9(13(17)12(10)16)14(18)11-7-3-1-2-4-8(7)11/h5-8,11,14H,1-4,18H2. The van der Waals surface area contributed by atoms with Gasteiger partial charge in [-0.15, -0.1) is 0 Å². The van der Waals surface area contributed by atoms with Gasteiger partial charge in [0, 0.05) is 16.1 Å². The summed E-state index contributed by atoms with van der Waals surface area (Å²) in [6.45, 7) is 0. The fourth-order valence-electron chi connectivity index (χ4n) is 3.59. The second-order valence-corrected chi connectivity index (χ2v) is 6.71. The summed E-state index contributed by atoms with van der Waals surface area (Å²) in [4.78, 5) is 0. The molecule has 0 heterocycles. The Bertz CT molecular complexity index is 467. The maximum Gasteiger partial charge on any atom is 0.147 e. The Morgan fingerprint density at radius 3 is 2.50 bits per heavy atom. The van der Waals surface area contributed by atoms with Crippen LogP contribution in [0.25, 0.3) is 0 Å². The Morgan fingerprint density at radius 2 is 1.89 bits per heavy atom. The molecule has 1 aromatic rings. The first kappa shape index (κ1) is 12.9. The fraction of sp³-hybridized carbons (Fsp3) is 0.571. The first-order valence-electron chi connectivity index (χ1n) is 6.50. The van der Waals surface area contributed by atoms with Crippen LogP contribution in [0.3, 0.4) is 0 Å². The van der Waals surface area contributed by atoms with Crippen LogP contribution < -0.4 is 5.73 Å². The van der Waals surface area contributed by atoms with E-state index in [0.29, 0.717) is 16.0 Å². The van der Waals surface area contributed by atoms with E-state index >= 15 is 0 Å². The normalized spacial score (nSPS) is 31.9. The van der Waals surface area contributed by atoms with Crippen molar-refractivity contribution in [2.45, 2.75) is 31.7 Å². The summed E-state index contributed by atoms with van der Waals surface area (Å²) in [6, 6.07) is 3.34. The maximum atomic E-state index is 14.1. The van der Waals surface area contributed by atoms with E-state index in [-0.39, 0.29) is 16.9 Å². The van der Waals surface area contributed by atoms with Crippen molar-refractivity contribution in [1.82, 2.24) is 0 Å². The summed E-state index contributed by atoms with van der Waals surface area (Å²) >= 11 is 9.16. The predicted molar refractivity (Wildman–Crippen MR) is 75.0 cm³/mol. The summed E-state index contributed by atoms with van der Waals surface area (Å²) in [6.07, 6.45) is 5.12. The molecule has 2 fully saturated rings. The molecule has 98 valence electrons. The molecule has 0 bridgehead atoms. The van der Waals surface area contributed by atoms with Gasteiger partial charge in [-0.25, -0.2) is 4.39 Å². The number of halogens is 3. The Balaban J connectivity index is 1.85. The van der Waals surface area contributed by atoms with E-state index in [1.54, 1.807) is 12.1 Å². The van der Waals surface area contributed by atoms with Gasteiger partial charge < -0.3 is 5.73 Å². The van der Waals surface area contributed by atoms with Gasteiger partial charge in [-0.05, 0) is 52.6 Å². The molecule has 2 saturated carbocycles. The number of benzene rings is 1. The third-order valence-corrected chi connectivity index (χ3v) is 5.82. The maximum absolute atomic E-state index is 14.1. The van der Waals surface area contributed by atoms with Gasteiger partial charge in [0.1, 0.15) is 5.82 Å². The van der Waals surface area contributed by atoms with E-state index in [9.17, 15) is 4.39 Å². The van der Waals surface area contributed by atoms with E-state index in [0.717, 1.165) is 11.8 Å². The van der Waals surface area contributed by atoms with Gasteiger partial charge in [0.15, 0.2) is 0 Å². The van der Waals surface area contributed by atoms with Crippen LogP contribution in [0.5, 0.6) is 0 Å². The molecular formula is C14H16BrClFN. The van der Waals surface area contributed by atoms with Crippen LogP contribution in [0.2, 0.25) is 5.02 Å². The highest BCUT2D eigenvalue weighted by Crippen LogP contribution is 2.60. The highest BCUT2D eigenvalue weighted by atomic mass is 79.9. The van der Waals surface area contributed by atoms with Crippen molar-refractivity contribution in [2.75, 3.05) is 0 Å². The van der Waals surface area contributed by atoms with Crippen LogP contribution in [0.15, 0.2) is 16.6 Å². The molecule has 0 aliphatic heterocycles. The molecule has 0 spiro atoms. The third kappa shape index (κ3) is 2.00. The first-order chi connectivity index (χ1) is 8.61. The average Bonchev–Trinajstić information content (AvgIpc) is 3.10. The average molecular weight is 333 g/mol. The van der Waals surface area contributed by atoms with E-state index in [4.69, 9.17) is 17.3 Å². The minimum Gasteiger partial charge on any atom is -0.324 e. The molecule has 1 nitrogen and oxygen atoms in total. The zero-order valence-electron chi connectivity index (χ0n) is 10.0. The van der Waals surface area contributed by atoms with E-state index in [2.05, 4.69) is 15.9 Å². The van der Waals surface area contributed by atoms with Gasteiger partial charge in [0.25, 0.3) is 0 Å². The summed E-state index contributed by atoms with van der Waals surface area (Å²) in [5.41, 5.74) is 6.84. The van der Waals surface area contributed by atoms with Crippen LogP contribution in [0.4, 0.5) is 4.39 Å². The Labute approximate surface area is 120 Å². The number of nitrogens with two attached hydrogens (primary N) is 1.